The maximum absolute atomic E-state index is 12.2. The number of benzene rings is 2. The molecule has 0 radical (unpaired) electrons. The molecule has 1 aliphatic rings. The van der Waals surface area contributed by atoms with Crippen molar-refractivity contribution in [1.29, 1.82) is 0 Å². The highest BCUT2D eigenvalue weighted by molar-refractivity contribution is 6.01. The average Bonchev–Trinajstić information content (AvgIpc) is 3.18. The lowest BCUT2D eigenvalue weighted by atomic mass is 9.84. The van der Waals surface area contributed by atoms with Gasteiger partial charge in [-0.3, -0.25) is 9.59 Å². The smallest absolute Gasteiger partial charge is 0.306 e. The third-order valence-electron chi connectivity index (χ3n) is 6.26. The number of fused-ring (bicyclic) bond motifs is 1. The second kappa shape index (κ2) is 10.1. The predicted octanol–water partition coefficient (Wildman–Crippen LogP) is 4.91. The lowest BCUT2D eigenvalue weighted by Crippen LogP contribution is -2.24. The standard InChI is InChI=1S/C26H33NO6/c1-6-16(25(29)30)12-13-26(2,3)15-33-22-18(10-11-21(31-4)23(22)32-5)17-8-7-9-19-20(17)14-27-24(19)28/h7-11,16H,6,12-15H2,1-5H3,(H,27,28)(H,29,30). The summed E-state index contributed by atoms with van der Waals surface area (Å²) in [5, 5.41) is 12.3. The summed E-state index contributed by atoms with van der Waals surface area (Å²) in [4.78, 5) is 23.6. The molecule has 7 nitrogen and oxygen atoms in total. The van der Waals surface area contributed by atoms with Crippen LogP contribution in [0.5, 0.6) is 17.2 Å². The van der Waals surface area contributed by atoms with Crippen molar-refractivity contribution in [3.8, 4) is 28.4 Å². The number of carboxylic acids is 1. The minimum Gasteiger partial charge on any atom is -0.493 e. The van der Waals surface area contributed by atoms with E-state index in [1.807, 2.05) is 37.3 Å². The summed E-state index contributed by atoms with van der Waals surface area (Å²) in [5.41, 5.74) is 3.04. The second-order valence-corrected chi connectivity index (χ2v) is 9.13. The molecule has 0 saturated heterocycles. The molecule has 1 aliphatic heterocycles. The average molecular weight is 456 g/mol. The Bertz CT molecular complexity index is 1030. The van der Waals surface area contributed by atoms with E-state index in [0.717, 1.165) is 16.7 Å². The van der Waals surface area contributed by atoms with Crippen LogP contribution in [0.3, 0.4) is 0 Å². The van der Waals surface area contributed by atoms with Gasteiger partial charge in [0.05, 0.1) is 26.7 Å². The molecule has 3 rings (SSSR count). The van der Waals surface area contributed by atoms with Crippen molar-refractivity contribution in [1.82, 2.24) is 5.32 Å². The van der Waals surface area contributed by atoms with Gasteiger partial charge in [-0.25, -0.2) is 0 Å². The molecule has 2 aromatic rings. The summed E-state index contributed by atoms with van der Waals surface area (Å²) in [6.45, 7) is 6.85. The number of aliphatic carboxylic acids is 1. The molecule has 1 atom stereocenters. The van der Waals surface area contributed by atoms with Gasteiger partial charge >= 0.3 is 5.97 Å². The van der Waals surface area contributed by atoms with E-state index in [9.17, 15) is 14.7 Å². The van der Waals surface area contributed by atoms with Crippen LogP contribution < -0.4 is 19.5 Å². The van der Waals surface area contributed by atoms with E-state index in [1.54, 1.807) is 14.2 Å². The first-order valence-electron chi connectivity index (χ1n) is 11.2. The van der Waals surface area contributed by atoms with Crippen molar-refractivity contribution in [2.45, 2.75) is 46.6 Å². The molecule has 1 unspecified atom stereocenters. The van der Waals surface area contributed by atoms with Crippen LogP contribution in [0.15, 0.2) is 30.3 Å². The van der Waals surface area contributed by atoms with Crippen molar-refractivity contribution >= 4 is 11.9 Å². The van der Waals surface area contributed by atoms with Crippen LogP contribution in [0.25, 0.3) is 11.1 Å². The number of hydrogen-bond acceptors (Lipinski definition) is 5. The number of amides is 1. The van der Waals surface area contributed by atoms with Gasteiger partial charge in [0.15, 0.2) is 11.5 Å². The van der Waals surface area contributed by atoms with E-state index in [-0.39, 0.29) is 17.2 Å². The maximum atomic E-state index is 12.2. The van der Waals surface area contributed by atoms with Crippen molar-refractivity contribution in [2.24, 2.45) is 11.3 Å². The van der Waals surface area contributed by atoms with Crippen LogP contribution in [0.2, 0.25) is 0 Å². The Labute approximate surface area is 195 Å². The minimum absolute atomic E-state index is 0.0835. The second-order valence-electron chi connectivity index (χ2n) is 9.13. The van der Waals surface area contributed by atoms with Gasteiger partial charge in [0.25, 0.3) is 5.91 Å². The van der Waals surface area contributed by atoms with Gasteiger partial charge < -0.3 is 24.6 Å². The Morgan fingerprint density at radius 3 is 2.45 bits per heavy atom. The van der Waals surface area contributed by atoms with Gasteiger partial charge in [-0.1, -0.05) is 32.9 Å². The number of nitrogens with one attached hydrogen (secondary N) is 1. The quantitative estimate of drug-likeness (QED) is 0.500. The minimum atomic E-state index is -0.757. The number of carbonyl (C=O) groups excluding carboxylic acids is 1. The van der Waals surface area contributed by atoms with Crippen LogP contribution in [0.1, 0.15) is 56.0 Å². The molecule has 0 spiro atoms. The zero-order chi connectivity index (χ0) is 24.2. The molecule has 33 heavy (non-hydrogen) atoms. The van der Waals surface area contributed by atoms with Crippen molar-refractivity contribution in [3.63, 3.8) is 0 Å². The number of carboxylic acid groups (broad SMARTS) is 1. The molecule has 0 bridgehead atoms. The third kappa shape index (κ3) is 5.24. The fourth-order valence-electron chi connectivity index (χ4n) is 4.17. The largest absolute Gasteiger partial charge is 0.493 e. The Hall–Kier alpha value is -3.22. The van der Waals surface area contributed by atoms with Gasteiger partial charge in [-0.2, -0.15) is 0 Å². The summed E-state index contributed by atoms with van der Waals surface area (Å²) < 4.78 is 17.5. The summed E-state index contributed by atoms with van der Waals surface area (Å²) in [5.74, 6) is 0.378. The summed E-state index contributed by atoms with van der Waals surface area (Å²) in [6.07, 6.45) is 1.90. The zero-order valence-corrected chi connectivity index (χ0v) is 20.0. The number of methoxy groups -OCH3 is 2. The van der Waals surface area contributed by atoms with Crippen LogP contribution in [-0.2, 0) is 11.3 Å². The monoisotopic (exact) mass is 455 g/mol. The SMILES string of the molecule is CCC(CCC(C)(C)COc1c(-c2cccc3c2CNC3=O)ccc(OC)c1OC)C(=O)O. The highest BCUT2D eigenvalue weighted by atomic mass is 16.5. The topological polar surface area (TPSA) is 94.1 Å². The molecule has 0 aromatic heterocycles. The summed E-state index contributed by atoms with van der Waals surface area (Å²) >= 11 is 0. The van der Waals surface area contributed by atoms with Crippen LogP contribution >= 0.6 is 0 Å². The Balaban J connectivity index is 1.94. The van der Waals surface area contributed by atoms with Crippen molar-refractivity contribution in [2.75, 3.05) is 20.8 Å². The molecule has 7 heteroatoms. The Morgan fingerprint density at radius 1 is 1.09 bits per heavy atom. The predicted molar refractivity (Wildman–Crippen MR) is 126 cm³/mol. The zero-order valence-electron chi connectivity index (χ0n) is 20.0. The molecule has 0 saturated carbocycles. The van der Waals surface area contributed by atoms with Gasteiger partial charge in [0, 0.05) is 17.7 Å². The van der Waals surface area contributed by atoms with Gasteiger partial charge in [0.1, 0.15) is 0 Å². The Kier molecular flexibility index (Phi) is 7.51. The van der Waals surface area contributed by atoms with E-state index in [1.165, 1.54) is 0 Å². The van der Waals surface area contributed by atoms with Crippen molar-refractivity contribution < 1.29 is 28.9 Å². The van der Waals surface area contributed by atoms with Gasteiger partial charge in [-0.05, 0) is 54.0 Å². The van der Waals surface area contributed by atoms with E-state index in [4.69, 9.17) is 14.2 Å². The van der Waals surface area contributed by atoms with Crippen LogP contribution in [0.4, 0.5) is 0 Å². The van der Waals surface area contributed by atoms with E-state index in [2.05, 4.69) is 19.2 Å². The number of rotatable bonds is 11. The molecule has 2 N–H and O–H groups in total. The molecule has 178 valence electrons. The normalized spacial score (nSPS) is 13.8. The maximum Gasteiger partial charge on any atom is 0.306 e. The van der Waals surface area contributed by atoms with E-state index >= 15 is 0 Å². The lowest BCUT2D eigenvalue weighted by molar-refractivity contribution is -0.142. The van der Waals surface area contributed by atoms with Crippen LogP contribution in [0, 0.1) is 11.3 Å². The fraction of sp³-hybridized carbons (Fsp3) is 0.462. The molecule has 0 fully saturated rings. The molecule has 1 amide bonds. The first-order chi connectivity index (χ1) is 15.7. The fourth-order valence-corrected chi connectivity index (χ4v) is 4.17. The van der Waals surface area contributed by atoms with Gasteiger partial charge in [0.2, 0.25) is 5.75 Å². The number of carbonyl (C=O) groups is 2. The Morgan fingerprint density at radius 2 is 1.82 bits per heavy atom. The number of ether oxygens (including phenoxy) is 3. The van der Waals surface area contributed by atoms with E-state index in [0.29, 0.717) is 55.2 Å². The number of hydrogen-bond donors (Lipinski definition) is 2. The third-order valence-corrected chi connectivity index (χ3v) is 6.26. The summed E-state index contributed by atoms with van der Waals surface area (Å²) in [7, 11) is 3.14. The first-order valence-corrected chi connectivity index (χ1v) is 11.2. The van der Waals surface area contributed by atoms with Crippen LogP contribution in [-0.4, -0.2) is 37.8 Å². The highest BCUT2D eigenvalue weighted by Gasteiger charge is 2.28. The summed E-state index contributed by atoms with van der Waals surface area (Å²) in [6, 6.07) is 9.39. The highest BCUT2D eigenvalue weighted by Crippen LogP contribution is 2.46. The molecule has 1 heterocycles. The molecular formula is C26H33NO6. The first kappa shape index (κ1) is 24.4. The van der Waals surface area contributed by atoms with Crippen molar-refractivity contribution in [3.05, 3.63) is 41.5 Å². The molecule has 0 aliphatic carbocycles. The van der Waals surface area contributed by atoms with E-state index < -0.39 is 5.97 Å². The lowest BCUT2D eigenvalue weighted by Gasteiger charge is -2.28. The van der Waals surface area contributed by atoms with Gasteiger partial charge in [-0.15, -0.1) is 0 Å². The molecule has 2 aromatic carbocycles. The molecular weight excluding hydrogens is 422 g/mol.